The van der Waals surface area contributed by atoms with Crippen molar-refractivity contribution in [3.8, 4) is 0 Å². The molecule has 1 amide bonds. The first-order valence-electron chi connectivity index (χ1n) is 9.03. The molecule has 1 aromatic heterocycles. The number of aromatic nitrogens is 1. The van der Waals surface area contributed by atoms with Crippen LogP contribution in [-0.4, -0.2) is 10.9 Å². The van der Waals surface area contributed by atoms with Crippen LogP contribution >= 0.6 is 23.2 Å². The van der Waals surface area contributed by atoms with Gasteiger partial charge in [-0.15, -0.1) is 0 Å². The Kier molecular flexibility index (Phi) is 6.07. The predicted octanol–water partition coefficient (Wildman–Crippen LogP) is 6.53. The third-order valence-electron chi connectivity index (χ3n) is 4.49. The summed E-state index contributed by atoms with van der Waals surface area (Å²) >= 11 is 12.3. The fraction of sp³-hybridized carbons (Fsp3) is 0.217. The van der Waals surface area contributed by atoms with E-state index in [0.717, 1.165) is 5.56 Å². The molecule has 0 saturated carbocycles. The lowest BCUT2D eigenvalue weighted by atomic mass is 9.87. The van der Waals surface area contributed by atoms with Crippen LogP contribution < -0.4 is 4.90 Å². The van der Waals surface area contributed by atoms with E-state index < -0.39 is 0 Å². The smallest absolute Gasteiger partial charge is 0.261 e. The molecule has 0 bridgehead atoms. The maximum Gasteiger partial charge on any atom is 0.261 e. The normalized spacial score (nSPS) is 11.3. The van der Waals surface area contributed by atoms with Crippen molar-refractivity contribution in [2.75, 3.05) is 4.90 Å². The molecule has 0 N–H and O–H groups in total. The number of hydrogen-bond donors (Lipinski definition) is 0. The standard InChI is InChI=1S/C23H22Cl2N2O/c1-23(2,3)17-9-7-16(8-10-17)15-27(21-6-4-5-13-26-21)22(28)19-12-11-18(24)14-20(19)25/h4-14H,15H2,1-3H3. The predicted molar refractivity (Wildman–Crippen MR) is 116 cm³/mol. The molecule has 0 spiro atoms. The van der Waals surface area contributed by atoms with E-state index in [1.165, 1.54) is 5.56 Å². The fourth-order valence-electron chi connectivity index (χ4n) is 2.87. The van der Waals surface area contributed by atoms with Crippen molar-refractivity contribution in [2.24, 2.45) is 0 Å². The van der Waals surface area contributed by atoms with Crippen LogP contribution in [0.5, 0.6) is 0 Å². The van der Waals surface area contributed by atoms with Gasteiger partial charge in [0.1, 0.15) is 5.82 Å². The van der Waals surface area contributed by atoms with Crippen molar-refractivity contribution >= 4 is 34.9 Å². The Balaban J connectivity index is 1.95. The molecule has 0 fully saturated rings. The zero-order valence-electron chi connectivity index (χ0n) is 16.1. The Bertz CT molecular complexity index is 964. The van der Waals surface area contributed by atoms with E-state index in [0.29, 0.717) is 28.0 Å². The maximum atomic E-state index is 13.3. The van der Waals surface area contributed by atoms with Crippen LogP contribution in [0.4, 0.5) is 5.82 Å². The van der Waals surface area contributed by atoms with Gasteiger partial charge in [0.05, 0.1) is 17.1 Å². The number of rotatable bonds is 4. The van der Waals surface area contributed by atoms with Crippen LogP contribution in [0.1, 0.15) is 42.3 Å². The van der Waals surface area contributed by atoms with Crippen molar-refractivity contribution in [2.45, 2.75) is 32.7 Å². The third-order valence-corrected chi connectivity index (χ3v) is 5.04. The number of hydrogen-bond acceptors (Lipinski definition) is 2. The van der Waals surface area contributed by atoms with E-state index >= 15 is 0 Å². The molecule has 1 heterocycles. The van der Waals surface area contributed by atoms with Crippen molar-refractivity contribution in [3.05, 3.63) is 93.6 Å². The molecule has 0 radical (unpaired) electrons. The third kappa shape index (κ3) is 4.73. The molecule has 3 nitrogen and oxygen atoms in total. The second-order valence-electron chi connectivity index (χ2n) is 7.65. The molecule has 0 unspecified atom stereocenters. The Morgan fingerprint density at radius 3 is 2.29 bits per heavy atom. The zero-order chi connectivity index (χ0) is 20.3. The molecule has 0 atom stereocenters. The maximum absolute atomic E-state index is 13.3. The first-order valence-corrected chi connectivity index (χ1v) is 9.78. The van der Waals surface area contributed by atoms with E-state index in [-0.39, 0.29) is 11.3 Å². The molecule has 2 aromatic carbocycles. The van der Waals surface area contributed by atoms with Crippen LogP contribution in [0.3, 0.4) is 0 Å². The van der Waals surface area contributed by atoms with Gasteiger partial charge < -0.3 is 0 Å². The van der Waals surface area contributed by atoms with Crippen molar-refractivity contribution in [1.82, 2.24) is 4.98 Å². The molecule has 144 valence electrons. The summed E-state index contributed by atoms with van der Waals surface area (Å²) in [6, 6.07) is 18.7. The quantitative estimate of drug-likeness (QED) is 0.487. The second kappa shape index (κ2) is 8.34. The van der Waals surface area contributed by atoms with Crippen LogP contribution in [0, 0.1) is 0 Å². The van der Waals surface area contributed by atoms with Crippen LogP contribution in [0.2, 0.25) is 10.0 Å². The van der Waals surface area contributed by atoms with Gasteiger partial charge in [-0.25, -0.2) is 4.98 Å². The largest absolute Gasteiger partial charge is 0.288 e. The first-order chi connectivity index (χ1) is 13.3. The molecular weight excluding hydrogens is 391 g/mol. The Morgan fingerprint density at radius 1 is 1.00 bits per heavy atom. The summed E-state index contributed by atoms with van der Waals surface area (Å²) < 4.78 is 0. The number of halogens is 2. The molecule has 0 aliphatic rings. The summed E-state index contributed by atoms with van der Waals surface area (Å²) in [5.41, 5.74) is 2.72. The monoisotopic (exact) mass is 412 g/mol. The lowest BCUT2D eigenvalue weighted by Gasteiger charge is -2.24. The van der Waals surface area contributed by atoms with Crippen molar-refractivity contribution < 1.29 is 4.79 Å². The highest BCUT2D eigenvalue weighted by Crippen LogP contribution is 2.26. The van der Waals surface area contributed by atoms with E-state index in [1.54, 1.807) is 29.3 Å². The summed E-state index contributed by atoms with van der Waals surface area (Å²) in [4.78, 5) is 19.3. The number of carbonyl (C=O) groups is 1. The number of nitrogens with zero attached hydrogens (tertiary/aromatic N) is 2. The van der Waals surface area contributed by atoms with Gasteiger partial charge in [0, 0.05) is 11.2 Å². The summed E-state index contributed by atoms with van der Waals surface area (Å²) in [6.45, 7) is 6.91. The van der Waals surface area contributed by atoms with E-state index in [1.807, 2.05) is 30.3 Å². The topological polar surface area (TPSA) is 33.2 Å². The van der Waals surface area contributed by atoms with Gasteiger partial charge in [-0.3, -0.25) is 9.69 Å². The fourth-order valence-corrected chi connectivity index (χ4v) is 3.36. The van der Waals surface area contributed by atoms with E-state index in [4.69, 9.17) is 23.2 Å². The number of amides is 1. The van der Waals surface area contributed by atoms with E-state index in [2.05, 4.69) is 37.9 Å². The SMILES string of the molecule is CC(C)(C)c1ccc(CN(C(=O)c2ccc(Cl)cc2Cl)c2ccccn2)cc1. The van der Waals surface area contributed by atoms with Crippen LogP contribution in [0.15, 0.2) is 66.9 Å². The number of carbonyl (C=O) groups excluding carboxylic acids is 1. The van der Waals surface area contributed by atoms with Gasteiger partial charge in [-0.1, -0.05) is 74.3 Å². The zero-order valence-corrected chi connectivity index (χ0v) is 17.6. The number of anilines is 1. The van der Waals surface area contributed by atoms with Crippen molar-refractivity contribution in [3.63, 3.8) is 0 Å². The number of pyridine rings is 1. The van der Waals surface area contributed by atoms with E-state index in [9.17, 15) is 4.79 Å². The molecule has 0 aliphatic heterocycles. The highest BCUT2D eigenvalue weighted by molar-refractivity contribution is 6.37. The molecule has 3 rings (SSSR count). The first kappa shape index (κ1) is 20.4. The van der Waals surface area contributed by atoms with Gasteiger partial charge in [0.25, 0.3) is 5.91 Å². The second-order valence-corrected chi connectivity index (χ2v) is 8.49. The molecule has 28 heavy (non-hydrogen) atoms. The summed E-state index contributed by atoms with van der Waals surface area (Å²) in [6.07, 6.45) is 1.67. The van der Waals surface area contributed by atoms with Gasteiger partial charge >= 0.3 is 0 Å². The summed E-state index contributed by atoms with van der Waals surface area (Å²) in [5.74, 6) is 0.346. The Hall–Kier alpha value is -2.36. The lowest BCUT2D eigenvalue weighted by Crippen LogP contribution is -2.31. The van der Waals surface area contributed by atoms with Crippen molar-refractivity contribution in [1.29, 1.82) is 0 Å². The highest BCUT2D eigenvalue weighted by atomic mass is 35.5. The summed E-state index contributed by atoms with van der Waals surface area (Å²) in [7, 11) is 0. The van der Waals surface area contributed by atoms with Gasteiger partial charge in [0.15, 0.2) is 0 Å². The molecule has 0 aliphatic carbocycles. The van der Waals surface area contributed by atoms with Crippen LogP contribution in [-0.2, 0) is 12.0 Å². The average Bonchev–Trinajstić information content (AvgIpc) is 2.66. The molecule has 5 heteroatoms. The Morgan fingerprint density at radius 2 is 1.71 bits per heavy atom. The summed E-state index contributed by atoms with van der Waals surface area (Å²) in [5, 5.41) is 0.810. The van der Waals surface area contributed by atoms with Gasteiger partial charge in [0.2, 0.25) is 0 Å². The van der Waals surface area contributed by atoms with Gasteiger partial charge in [-0.05, 0) is 46.9 Å². The molecule has 0 saturated heterocycles. The minimum absolute atomic E-state index is 0.0753. The lowest BCUT2D eigenvalue weighted by molar-refractivity contribution is 0.0984. The molecular formula is C23H22Cl2N2O. The Labute approximate surface area is 175 Å². The average molecular weight is 413 g/mol. The number of benzene rings is 2. The minimum Gasteiger partial charge on any atom is -0.288 e. The minimum atomic E-state index is -0.222. The highest BCUT2D eigenvalue weighted by Gasteiger charge is 2.22. The van der Waals surface area contributed by atoms with Gasteiger partial charge in [-0.2, -0.15) is 0 Å². The molecule has 3 aromatic rings. The van der Waals surface area contributed by atoms with Crippen LogP contribution in [0.25, 0.3) is 0 Å².